The first-order valence-corrected chi connectivity index (χ1v) is 4.26. The smallest absolute Gasteiger partial charge is 0.283 e. The molecule has 1 aliphatic heterocycles. The zero-order chi connectivity index (χ0) is 7.78. The van der Waals surface area contributed by atoms with Gasteiger partial charge in [-0.15, -0.1) is 0 Å². The molecular formula is C6H10INO2. The number of rotatable bonds is 0. The Bertz CT molecular complexity index is 158. The summed E-state index contributed by atoms with van der Waals surface area (Å²) in [5, 5.41) is 9.42. The minimum absolute atomic E-state index is 0.0235. The predicted octanol–water partition coefficient (Wildman–Crippen LogP) is 0.998. The molecule has 0 spiro atoms. The van der Waals surface area contributed by atoms with Gasteiger partial charge >= 0.3 is 0 Å². The number of carbonyl (C=O) groups is 1. The van der Waals surface area contributed by atoms with Crippen molar-refractivity contribution in [3.8, 4) is 0 Å². The average Bonchev–Trinajstić information content (AvgIpc) is 2.10. The third-order valence-corrected chi connectivity index (χ3v) is 2.38. The Labute approximate surface area is 73.5 Å². The van der Waals surface area contributed by atoms with Crippen LogP contribution in [0.2, 0.25) is 0 Å². The molecule has 0 aliphatic carbocycles. The number of hydrogen-bond acceptors (Lipinski definition) is 2. The Kier molecular flexibility index (Phi) is 2.19. The van der Waals surface area contributed by atoms with Gasteiger partial charge in [0, 0.05) is 35.7 Å². The first-order chi connectivity index (χ1) is 4.51. The molecule has 1 saturated heterocycles. The summed E-state index contributed by atoms with van der Waals surface area (Å²) in [7, 11) is 0. The second kappa shape index (κ2) is 2.65. The van der Waals surface area contributed by atoms with E-state index in [0.717, 1.165) is 0 Å². The predicted molar refractivity (Wildman–Crippen MR) is 46.2 cm³/mol. The van der Waals surface area contributed by atoms with E-state index in [1.165, 1.54) is 0 Å². The number of halogens is 1. The maximum Gasteiger partial charge on any atom is 0.283 e. The van der Waals surface area contributed by atoms with E-state index in [0.29, 0.717) is 19.5 Å². The molecule has 4 heteroatoms. The fourth-order valence-electron chi connectivity index (χ4n) is 1.10. The molecule has 0 bridgehead atoms. The Morgan fingerprint density at radius 3 is 2.60 bits per heavy atom. The molecule has 0 aromatic rings. The van der Waals surface area contributed by atoms with Crippen molar-refractivity contribution in [2.24, 2.45) is 0 Å². The lowest BCUT2D eigenvalue weighted by Crippen LogP contribution is -2.30. The molecule has 0 aromatic carbocycles. The fourth-order valence-corrected chi connectivity index (χ4v) is 1.51. The molecule has 0 radical (unpaired) electrons. The van der Waals surface area contributed by atoms with Crippen molar-refractivity contribution in [2.75, 3.05) is 13.1 Å². The van der Waals surface area contributed by atoms with Crippen molar-refractivity contribution >= 4 is 26.5 Å². The molecule has 1 N–H and O–H groups in total. The second-order valence-electron chi connectivity index (χ2n) is 2.92. The van der Waals surface area contributed by atoms with E-state index in [9.17, 15) is 9.90 Å². The van der Waals surface area contributed by atoms with Gasteiger partial charge in [0.25, 0.3) is 3.91 Å². The van der Waals surface area contributed by atoms with Gasteiger partial charge in [0.05, 0.1) is 5.60 Å². The van der Waals surface area contributed by atoms with Gasteiger partial charge in [-0.25, -0.2) is 0 Å². The highest BCUT2D eigenvalue weighted by molar-refractivity contribution is 14.1. The molecule has 1 aliphatic rings. The molecular weight excluding hydrogens is 245 g/mol. The molecule has 1 atom stereocenters. The summed E-state index contributed by atoms with van der Waals surface area (Å²) in [6, 6.07) is 0. The number of hydrogen-bond donors (Lipinski definition) is 1. The first kappa shape index (κ1) is 8.26. The van der Waals surface area contributed by atoms with Crippen LogP contribution in [0, 0.1) is 0 Å². The molecule has 58 valence electrons. The van der Waals surface area contributed by atoms with Crippen LogP contribution in [0.15, 0.2) is 0 Å². The summed E-state index contributed by atoms with van der Waals surface area (Å²) in [6.07, 6.45) is 0.696. The van der Waals surface area contributed by atoms with Crippen LogP contribution < -0.4 is 0 Å². The monoisotopic (exact) mass is 255 g/mol. The van der Waals surface area contributed by atoms with Gasteiger partial charge < -0.3 is 10.0 Å². The molecule has 0 saturated carbocycles. The highest BCUT2D eigenvalue weighted by atomic mass is 127. The van der Waals surface area contributed by atoms with E-state index < -0.39 is 5.60 Å². The number of nitrogens with zero attached hydrogens (tertiary/aromatic N) is 1. The number of carbonyl (C=O) groups excluding carboxylic acids is 1. The first-order valence-electron chi connectivity index (χ1n) is 3.18. The Morgan fingerprint density at radius 2 is 2.40 bits per heavy atom. The molecule has 0 aromatic heterocycles. The van der Waals surface area contributed by atoms with Crippen molar-refractivity contribution in [3.05, 3.63) is 0 Å². The highest BCUT2D eigenvalue weighted by Gasteiger charge is 2.32. The molecule has 3 nitrogen and oxygen atoms in total. The second-order valence-corrected chi connectivity index (χ2v) is 3.84. The fraction of sp³-hybridized carbons (Fsp3) is 0.833. The van der Waals surface area contributed by atoms with Crippen molar-refractivity contribution in [1.82, 2.24) is 4.90 Å². The van der Waals surface area contributed by atoms with Crippen LogP contribution in [0.25, 0.3) is 0 Å². The average molecular weight is 255 g/mol. The Balaban J connectivity index is 2.51. The largest absolute Gasteiger partial charge is 0.388 e. The zero-order valence-electron chi connectivity index (χ0n) is 5.80. The maximum atomic E-state index is 10.7. The third kappa shape index (κ3) is 1.82. The van der Waals surface area contributed by atoms with Gasteiger partial charge in [-0.2, -0.15) is 0 Å². The summed E-state index contributed by atoms with van der Waals surface area (Å²) >= 11 is 1.74. The van der Waals surface area contributed by atoms with E-state index in [-0.39, 0.29) is 3.91 Å². The minimum Gasteiger partial charge on any atom is -0.388 e. The lowest BCUT2D eigenvalue weighted by Gasteiger charge is -2.16. The van der Waals surface area contributed by atoms with Crippen molar-refractivity contribution in [1.29, 1.82) is 0 Å². The SMILES string of the molecule is C[C@@]1(O)CCN(C(=O)I)C1. The van der Waals surface area contributed by atoms with Crippen LogP contribution in [0.4, 0.5) is 4.79 Å². The van der Waals surface area contributed by atoms with Gasteiger partial charge in [-0.05, 0) is 13.3 Å². The zero-order valence-corrected chi connectivity index (χ0v) is 7.96. The van der Waals surface area contributed by atoms with Crippen LogP contribution in [0.3, 0.4) is 0 Å². The van der Waals surface area contributed by atoms with Crippen molar-refractivity contribution in [3.63, 3.8) is 0 Å². The topological polar surface area (TPSA) is 40.5 Å². The van der Waals surface area contributed by atoms with E-state index in [4.69, 9.17) is 0 Å². The molecule has 1 amide bonds. The molecule has 1 rings (SSSR count). The molecule has 10 heavy (non-hydrogen) atoms. The summed E-state index contributed by atoms with van der Waals surface area (Å²) in [5.41, 5.74) is -0.652. The Hall–Kier alpha value is 0.160. The summed E-state index contributed by atoms with van der Waals surface area (Å²) in [4.78, 5) is 12.4. The van der Waals surface area contributed by atoms with Crippen molar-refractivity contribution in [2.45, 2.75) is 18.9 Å². The van der Waals surface area contributed by atoms with Gasteiger partial charge in [-0.3, -0.25) is 4.79 Å². The number of likely N-dealkylation sites (tertiary alicyclic amines) is 1. The summed E-state index contributed by atoms with van der Waals surface area (Å²) in [6.45, 7) is 2.93. The van der Waals surface area contributed by atoms with Crippen LogP contribution in [0.5, 0.6) is 0 Å². The maximum absolute atomic E-state index is 10.7. The van der Waals surface area contributed by atoms with Crippen LogP contribution in [-0.4, -0.2) is 32.6 Å². The molecule has 0 unspecified atom stereocenters. The van der Waals surface area contributed by atoms with Gasteiger partial charge in [0.15, 0.2) is 0 Å². The van der Waals surface area contributed by atoms with E-state index in [1.807, 2.05) is 0 Å². The standard InChI is InChI=1S/C6H10INO2/c1-6(10)2-3-8(4-6)5(7)9/h10H,2-4H2,1H3/t6-/m1/s1. The number of amides is 1. The van der Waals surface area contributed by atoms with E-state index >= 15 is 0 Å². The lowest BCUT2D eigenvalue weighted by atomic mass is 10.1. The quantitative estimate of drug-likeness (QED) is 0.398. The lowest BCUT2D eigenvalue weighted by molar-refractivity contribution is 0.0736. The van der Waals surface area contributed by atoms with Gasteiger partial charge in [0.2, 0.25) is 0 Å². The van der Waals surface area contributed by atoms with Crippen LogP contribution in [0.1, 0.15) is 13.3 Å². The van der Waals surface area contributed by atoms with Gasteiger partial charge in [-0.1, -0.05) is 0 Å². The summed E-state index contributed by atoms with van der Waals surface area (Å²) < 4.78 is 0.0235. The Morgan fingerprint density at radius 1 is 1.80 bits per heavy atom. The van der Waals surface area contributed by atoms with Crippen molar-refractivity contribution < 1.29 is 9.90 Å². The summed E-state index contributed by atoms with van der Waals surface area (Å²) in [5.74, 6) is 0. The number of aliphatic hydroxyl groups is 1. The van der Waals surface area contributed by atoms with Crippen LogP contribution in [-0.2, 0) is 0 Å². The number of β-amino-alcohol motifs (C(OH)–C–C–N with tert-alkyl or cyclic N) is 1. The third-order valence-electron chi connectivity index (χ3n) is 1.70. The van der Waals surface area contributed by atoms with E-state index in [1.54, 1.807) is 34.4 Å². The minimum atomic E-state index is -0.652. The van der Waals surface area contributed by atoms with E-state index in [2.05, 4.69) is 0 Å². The van der Waals surface area contributed by atoms with Crippen LogP contribution >= 0.6 is 22.6 Å². The van der Waals surface area contributed by atoms with Gasteiger partial charge in [0.1, 0.15) is 0 Å². The molecule has 1 fully saturated rings. The molecule has 1 heterocycles. The highest BCUT2D eigenvalue weighted by Crippen LogP contribution is 2.21. The normalized spacial score (nSPS) is 32.9.